The lowest BCUT2D eigenvalue weighted by atomic mass is 10.0. The molecule has 1 aliphatic rings. The lowest BCUT2D eigenvalue weighted by Crippen LogP contribution is -2.42. The van der Waals surface area contributed by atoms with E-state index in [1.807, 2.05) is 0 Å². The van der Waals surface area contributed by atoms with Gasteiger partial charge in [-0.3, -0.25) is 9.48 Å². The zero-order valence-corrected chi connectivity index (χ0v) is 22.9. The fourth-order valence-electron chi connectivity index (χ4n) is 4.66. The van der Waals surface area contributed by atoms with Crippen molar-refractivity contribution in [3.8, 4) is 11.3 Å². The summed E-state index contributed by atoms with van der Waals surface area (Å²) in [6.07, 6.45) is -6.98. The predicted octanol–water partition coefficient (Wildman–Crippen LogP) is 5.09. The average Bonchev–Trinajstić information content (AvgIpc) is 3.46. The minimum Gasteiger partial charge on any atom is -0.444 e. The number of piperidine rings is 1. The van der Waals surface area contributed by atoms with E-state index in [4.69, 9.17) is 16.2 Å². The number of nitrogens with zero attached hydrogens (tertiary/aromatic N) is 5. The third kappa shape index (κ3) is 6.79. The Bertz CT molecular complexity index is 1450. The van der Waals surface area contributed by atoms with Crippen LogP contribution in [-0.4, -0.2) is 55.2 Å². The molecule has 16 heteroatoms. The number of halogens is 6. The van der Waals surface area contributed by atoms with E-state index in [-0.39, 0.29) is 40.3 Å². The molecule has 4 N–H and O–H groups in total. The molecule has 3 heterocycles. The number of carbonyl (C=O) groups is 2. The number of likely N-dealkylation sites (tertiary alicyclic amines) is 1. The second kappa shape index (κ2) is 10.9. The van der Waals surface area contributed by atoms with Gasteiger partial charge in [-0.1, -0.05) is 0 Å². The van der Waals surface area contributed by atoms with Gasteiger partial charge >= 0.3 is 18.4 Å². The van der Waals surface area contributed by atoms with E-state index in [1.165, 1.54) is 17.1 Å². The van der Waals surface area contributed by atoms with Crippen molar-refractivity contribution in [2.75, 3.05) is 18.8 Å². The van der Waals surface area contributed by atoms with Crippen LogP contribution < -0.4 is 11.5 Å². The Hall–Kier alpha value is -4.24. The summed E-state index contributed by atoms with van der Waals surface area (Å²) in [6.45, 7) is 5.53. The largest absolute Gasteiger partial charge is 0.444 e. The normalized spacial score (nSPS) is 15.2. The minimum absolute atomic E-state index is 0.0198. The molecule has 1 aliphatic heterocycles. The Morgan fingerprint density at radius 2 is 1.57 bits per heavy atom. The van der Waals surface area contributed by atoms with Crippen molar-refractivity contribution in [2.24, 2.45) is 5.73 Å². The highest BCUT2D eigenvalue weighted by Gasteiger charge is 2.37. The Kier molecular flexibility index (Phi) is 7.95. The molecule has 0 atom stereocenters. The molecule has 0 bridgehead atoms. The van der Waals surface area contributed by atoms with Crippen molar-refractivity contribution in [1.29, 1.82) is 0 Å². The minimum atomic E-state index is -4.99. The van der Waals surface area contributed by atoms with Crippen LogP contribution in [0.2, 0.25) is 0 Å². The quantitative estimate of drug-likeness (QED) is 0.392. The highest BCUT2D eigenvalue weighted by Crippen LogP contribution is 2.37. The third-order valence-electron chi connectivity index (χ3n) is 6.55. The summed E-state index contributed by atoms with van der Waals surface area (Å²) in [5.74, 6) is -0.908. The summed E-state index contributed by atoms with van der Waals surface area (Å²) >= 11 is 0. The van der Waals surface area contributed by atoms with Gasteiger partial charge in [-0.05, 0) is 57.4 Å². The van der Waals surface area contributed by atoms with Crippen LogP contribution in [0.25, 0.3) is 11.3 Å². The summed E-state index contributed by atoms with van der Waals surface area (Å²) in [4.78, 5) is 26.3. The fraction of sp³-hybridized carbons (Fsp3) is 0.462. The maximum absolute atomic E-state index is 13.3. The Labute approximate surface area is 236 Å². The molecule has 0 radical (unpaired) electrons. The van der Waals surface area contributed by atoms with Crippen molar-refractivity contribution in [3.05, 3.63) is 52.8 Å². The van der Waals surface area contributed by atoms with Crippen molar-refractivity contribution < 1.29 is 40.7 Å². The maximum atomic E-state index is 13.3. The number of primary amides is 1. The van der Waals surface area contributed by atoms with Crippen molar-refractivity contribution in [2.45, 2.75) is 64.2 Å². The molecule has 0 spiro atoms. The lowest BCUT2D eigenvalue weighted by Gasteiger charge is -2.33. The molecule has 0 unspecified atom stereocenters. The van der Waals surface area contributed by atoms with E-state index in [9.17, 15) is 35.9 Å². The number of anilines is 1. The van der Waals surface area contributed by atoms with Crippen LogP contribution in [0.1, 0.15) is 66.7 Å². The Morgan fingerprint density at radius 1 is 1.00 bits per heavy atom. The van der Waals surface area contributed by atoms with Crippen LogP contribution in [0.15, 0.2) is 30.6 Å². The van der Waals surface area contributed by atoms with Gasteiger partial charge in [0.15, 0.2) is 0 Å². The van der Waals surface area contributed by atoms with E-state index in [0.29, 0.717) is 38.1 Å². The predicted molar refractivity (Wildman–Crippen MR) is 138 cm³/mol. The number of hydrogen-bond acceptors (Lipinski definition) is 6. The average molecular weight is 602 g/mol. The molecule has 42 heavy (non-hydrogen) atoms. The number of hydrogen-bond donors (Lipinski definition) is 2. The zero-order valence-electron chi connectivity index (χ0n) is 22.9. The monoisotopic (exact) mass is 601 g/mol. The molecule has 3 aromatic rings. The van der Waals surface area contributed by atoms with Gasteiger partial charge in [-0.2, -0.15) is 36.5 Å². The van der Waals surface area contributed by atoms with E-state index in [0.717, 1.165) is 4.68 Å². The number of nitrogen functional groups attached to an aromatic ring is 1. The number of aromatic nitrogens is 4. The number of rotatable bonds is 5. The molecule has 1 fully saturated rings. The van der Waals surface area contributed by atoms with Crippen LogP contribution in [0.3, 0.4) is 0 Å². The van der Waals surface area contributed by atoms with Crippen molar-refractivity contribution in [1.82, 2.24) is 24.5 Å². The van der Waals surface area contributed by atoms with Gasteiger partial charge in [0.25, 0.3) is 5.91 Å². The number of benzene rings is 1. The topological polar surface area (TPSA) is 134 Å². The Balaban J connectivity index is 1.58. The molecule has 0 saturated carbocycles. The van der Waals surface area contributed by atoms with E-state index >= 15 is 0 Å². The van der Waals surface area contributed by atoms with Gasteiger partial charge in [0.05, 0.1) is 29.9 Å². The molecule has 228 valence electrons. The van der Waals surface area contributed by atoms with Gasteiger partial charge < -0.3 is 21.1 Å². The lowest BCUT2D eigenvalue weighted by molar-refractivity contribution is -0.143. The standard InChI is InChI=1S/C26H29F6N7O3/c1-24(2,3)42-23(41)37-6-4-18(5-7-37)39-21(33)19(22(34)40)20(36-39)15-11-35-38(13-15)12-14-8-16(25(27,28)29)10-17(9-14)26(30,31)32/h8-11,13,18H,4-7,12,33H2,1-3H3,(H2,34,40). The molecule has 2 amide bonds. The summed E-state index contributed by atoms with van der Waals surface area (Å²) in [5.41, 5.74) is 8.17. The first kappa shape index (κ1) is 30.7. The van der Waals surface area contributed by atoms with E-state index in [2.05, 4.69) is 10.2 Å². The number of alkyl halides is 6. The molecule has 10 nitrogen and oxygen atoms in total. The second-order valence-corrected chi connectivity index (χ2v) is 11.0. The van der Waals surface area contributed by atoms with Gasteiger partial charge in [-0.25, -0.2) is 9.48 Å². The number of nitrogens with two attached hydrogens (primary N) is 2. The first-order valence-corrected chi connectivity index (χ1v) is 12.8. The van der Waals surface area contributed by atoms with Crippen molar-refractivity contribution in [3.63, 3.8) is 0 Å². The van der Waals surface area contributed by atoms with Crippen LogP contribution in [-0.2, 0) is 23.6 Å². The van der Waals surface area contributed by atoms with Gasteiger partial charge in [0, 0.05) is 24.8 Å². The first-order chi connectivity index (χ1) is 19.3. The summed E-state index contributed by atoms with van der Waals surface area (Å²) in [7, 11) is 0. The van der Waals surface area contributed by atoms with E-state index in [1.54, 1.807) is 25.7 Å². The van der Waals surface area contributed by atoms with Gasteiger partial charge in [0.1, 0.15) is 22.7 Å². The van der Waals surface area contributed by atoms with Crippen LogP contribution in [0.4, 0.5) is 37.0 Å². The first-order valence-electron chi connectivity index (χ1n) is 12.8. The fourth-order valence-corrected chi connectivity index (χ4v) is 4.66. The van der Waals surface area contributed by atoms with E-state index < -0.39 is 47.6 Å². The summed E-state index contributed by atoms with van der Waals surface area (Å²) in [5, 5.41) is 8.51. The number of carbonyl (C=O) groups excluding carboxylic acids is 2. The zero-order chi connectivity index (χ0) is 31.2. The SMILES string of the molecule is CC(C)(C)OC(=O)N1CCC(n2nc(-c3cnn(Cc4cc(C(F)(F)F)cc(C(F)(F)F)c4)c3)c(C(N)=O)c2N)CC1. The third-order valence-corrected chi connectivity index (χ3v) is 6.55. The highest BCUT2D eigenvalue weighted by molar-refractivity contribution is 6.03. The molecular formula is C26H29F6N7O3. The second-order valence-electron chi connectivity index (χ2n) is 11.0. The number of ether oxygens (including phenoxy) is 1. The number of amides is 2. The highest BCUT2D eigenvalue weighted by atomic mass is 19.4. The molecule has 4 rings (SSSR count). The van der Waals surface area contributed by atoms with Gasteiger partial charge in [0.2, 0.25) is 0 Å². The van der Waals surface area contributed by atoms with Crippen LogP contribution in [0.5, 0.6) is 0 Å². The summed E-state index contributed by atoms with van der Waals surface area (Å²) in [6, 6.07) is 0.977. The molecular weight excluding hydrogens is 572 g/mol. The summed E-state index contributed by atoms with van der Waals surface area (Å²) < 4.78 is 87.5. The smallest absolute Gasteiger partial charge is 0.416 e. The molecule has 2 aromatic heterocycles. The van der Waals surface area contributed by atoms with Crippen LogP contribution >= 0.6 is 0 Å². The maximum Gasteiger partial charge on any atom is 0.416 e. The van der Waals surface area contributed by atoms with Gasteiger partial charge in [-0.15, -0.1) is 0 Å². The Morgan fingerprint density at radius 3 is 2.07 bits per heavy atom. The molecule has 1 aromatic carbocycles. The van der Waals surface area contributed by atoms with Crippen LogP contribution in [0, 0.1) is 0 Å². The molecule has 1 saturated heterocycles. The molecule has 0 aliphatic carbocycles. The van der Waals surface area contributed by atoms with Crippen molar-refractivity contribution >= 4 is 17.8 Å².